The number of aliphatic hydroxyl groups excluding tert-OH is 1. The van der Waals surface area contributed by atoms with Gasteiger partial charge in [-0.25, -0.2) is 4.79 Å². The number of carboxylic acid groups (broad SMARTS) is 2. The quantitative estimate of drug-likeness (QED) is 0.456. The summed E-state index contributed by atoms with van der Waals surface area (Å²) in [7, 11) is 0. The zero-order valence-corrected chi connectivity index (χ0v) is 8.84. The molecule has 0 aliphatic heterocycles. The molecule has 0 spiro atoms. The SMILES string of the molecule is C[C@@H](O)[C@H](NC(=O)CCCC(=O)O)C(=O)O. The van der Waals surface area contributed by atoms with Crippen LogP contribution in [0.1, 0.15) is 26.2 Å². The highest BCUT2D eigenvalue weighted by Gasteiger charge is 2.24. The number of carboxylic acids is 2. The van der Waals surface area contributed by atoms with Crippen LogP contribution in [0.3, 0.4) is 0 Å². The van der Waals surface area contributed by atoms with Gasteiger partial charge in [-0.2, -0.15) is 0 Å². The molecular weight excluding hydrogens is 218 g/mol. The monoisotopic (exact) mass is 233 g/mol. The highest BCUT2D eigenvalue weighted by atomic mass is 16.4. The third-order valence-corrected chi connectivity index (χ3v) is 1.86. The van der Waals surface area contributed by atoms with Gasteiger partial charge in [0.25, 0.3) is 0 Å². The first-order chi connectivity index (χ1) is 7.34. The minimum absolute atomic E-state index is 0.0806. The first kappa shape index (κ1) is 14.4. The fourth-order valence-corrected chi connectivity index (χ4v) is 1.03. The van der Waals surface area contributed by atoms with E-state index >= 15 is 0 Å². The number of carbonyl (C=O) groups is 3. The van der Waals surface area contributed by atoms with E-state index in [2.05, 4.69) is 5.32 Å². The van der Waals surface area contributed by atoms with E-state index in [0.717, 1.165) is 0 Å². The van der Waals surface area contributed by atoms with Gasteiger partial charge in [0.05, 0.1) is 6.10 Å². The molecule has 0 aliphatic carbocycles. The molecule has 0 bridgehead atoms. The molecular formula is C9H15NO6. The Labute approximate surface area is 92.1 Å². The van der Waals surface area contributed by atoms with Gasteiger partial charge in [-0.1, -0.05) is 0 Å². The molecule has 7 heteroatoms. The van der Waals surface area contributed by atoms with Crippen LogP contribution in [0.2, 0.25) is 0 Å². The van der Waals surface area contributed by atoms with Crippen molar-refractivity contribution in [1.82, 2.24) is 5.32 Å². The summed E-state index contributed by atoms with van der Waals surface area (Å²) in [5.74, 6) is -2.94. The van der Waals surface area contributed by atoms with Crippen molar-refractivity contribution in [3.05, 3.63) is 0 Å². The Kier molecular flexibility index (Phi) is 6.09. The largest absolute Gasteiger partial charge is 0.481 e. The van der Waals surface area contributed by atoms with Crippen LogP contribution in [0.25, 0.3) is 0 Å². The van der Waals surface area contributed by atoms with Gasteiger partial charge in [0.15, 0.2) is 6.04 Å². The second kappa shape index (κ2) is 6.78. The average molecular weight is 233 g/mol. The molecule has 16 heavy (non-hydrogen) atoms. The fraction of sp³-hybridized carbons (Fsp3) is 0.667. The lowest BCUT2D eigenvalue weighted by atomic mass is 10.1. The van der Waals surface area contributed by atoms with Crippen molar-refractivity contribution in [2.75, 3.05) is 0 Å². The Morgan fingerprint density at radius 1 is 1.19 bits per heavy atom. The Morgan fingerprint density at radius 3 is 2.12 bits per heavy atom. The number of nitrogens with one attached hydrogen (secondary N) is 1. The Morgan fingerprint density at radius 2 is 1.75 bits per heavy atom. The van der Waals surface area contributed by atoms with E-state index in [4.69, 9.17) is 15.3 Å². The Hall–Kier alpha value is -1.63. The third-order valence-electron chi connectivity index (χ3n) is 1.86. The molecule has 7 nitrogen and oxygen atoms in total. The summed E-state index contributed by atoms with van der Waals surface area (Å²) in [5.41, 5.74) is 0. The van der Waals surface area contributed by atoms with E-state index in [0.29, 0.717) is 0 Å². The molecule has 0 aromatic heterocycles. The molecule has 0 fully saturated rings. The lowest BCUT2D eigenvalue weighted by molar-refractivity contribution is -0.145. The van der Waals surface area contributed by atoms with Gasteiger partial charge in [0, 0.05) is 12.8 Å². The van der Waals surface area contributed by atoms with E-state index in [-0.39, 0.29) is 19.3 Å². The van der Waals surface area contributed by atoms with Crippen LogP contribution >= 0.6 is 0 Å². The van der Waals surface area contributed by atoms with E-state index in [1.54, 1.807) is 0 Å². The molecule has 0 radical (unpaired) electrons. The average Bonchev–Trinajstić information content (AvgIpc) is 2.12. The number of hydrogen-bond acceptors (Lipinski definition) is 4. The van der Waals surface area contributed by atoms with Crippen LogP contribution in [0.4, 0.5) is 0 Å². The third kappa shape index (κ3) is 5.97. The normalized spacial score (nSPS) is 13.9. The number of aliphatic hydroxyl groups is 1. The molecule has 0 saturated heterocycles. The van der Waals surface area contributed by atoms with Gasteiger partial charge in [-0.05, 0) is 13.3 Å². The summed E-state index contributed by atoms with van der Waals surface area (Å²) in [6.07, 6.45) is -1.31. The van der Waals surface area contributed by atoms with Crippen molar-refractivity contribution in [2.45, 2.75) is 38.3 Å². The summed E-state index contributed by atoms with van der Waals surface area (Å²) in [6.45, 7) is 1.25. The Bertz CT molecular complexity index is 275. The van der Waals surface area contributed by atoms with Crippen molar-refractivity contribution in [1.29, 1.82) is 0 Å². The maximum atomic E-state index is 11.2. The van der Waals surface area contributed by atoms with Gasteiger partial charge in [0.1, 0.15) is 0 Å². The second-order valence-corrected chi connectivity index (χ2v) is 3.37. The highest BCUT2D eigenvalue weighted by molar-refractivity contribution is 5.84. The topological polar surface area (TPSA) is 124 Å². The number of hydrogen-bond donors (Lipinski definition) is 4. The predicted octanol–water partition coefficient (Wildman–Crippen LogP) is -0.808. The van der Waals surface area contributed by atoms with Crippen molar-refractivity contribution in [2.24, 2.45) is 0 Å². The molecule has 4 N–H and O–H groups in total. The van der Waals surface area contributed by atoms with Gasteiger partial charge < -0.3 is 20.6 Å². The lowest BCUT2D eigenvalue weighted by Gasteiger charge is -2.16. The van der Waals surface area contributed by atoms with E-state index < -0.39 is 30.0 Å². The smallest absolute Gasteiger partial charge is 0.328 e. The van der Waals surface area contributed by atoms with E-state index in [9.17, 15) is 14.4 Å². The van der Waals surface area contributed by atoms with Crippen molar-refractivity contribution in [3.63, 3.8) is 0 Å². The number of amides is 1. The van der Waals surface area contributed by atoms with Crippen LogP contribution in [0.5, 0.6) is 0 Å². The van der Waals surface area contributed by atoms with Crippen molar-refractivity contribution >= 4 is 17.8 Å². The maximum absolute atomic E-state index is 11.2. The molecule has 2 atom stereocenters. The summed E-state index contributed by atoms with van der Waals surface area (Å²) >= 11 is 0. The van der Waals surface area contributed by atoms with Crippen LogP contribution in [0.15, 0.2) is 0 Å². The predicted molar refractivity (Wildman–Crippen MR) is 52.7 cm³/mol. The maximum Gasteiger partial charge on any atom is 0.328 e. The van der Waals surface area contributed by atoms with Crippen LogP contribution in [-0.2, 0) is 14.4 Å². The molecule has 0 aromatic carbocycles. The van der Waals surface area contributed by atoms with E-state index in [1.165, 1.54) is 6.92 Å². The minimum atomic E-state index is -1.36. The summed E-state index contributed by atoms with van der Waals surface area (Å²) in [5, 5.41) is 28.1. The molecule has 1 amide bonds. The fourth-order valence-electron chi connectivity index (χ4n) is 1.03. The molecule has 0 rings (SSSR count). The molecule has 0 saturated carbocycles. The molecule has 0 aliphatic rings. The first-order valence-electron chi connectivity index (χ1n) is 4.76. The highest BCUT2D eigenvalue weighted by Crippen LogP contribution is 1.98. The standard InChI is InChI=1S/C9H15NO6/c1-5(11)8(9(15)16)10-6(12)3-2-4-7(13)14/h5,8,11H,2-4H2,1H3,(H,10,12)(H,13,14)(H,15,16)/t5-,8+/m1/s1. The zero-order valence-electron chi connectivity index (χ0n) is 8.84. The summed E-state index contributed by atoms with van der Waals surface area (Å²) < 4.78 is 0. The van der Waals surface area contributed by atoms with Crippen LogP contribution in [0, 0.1) is 0 Å². The number of carbonyl (C=O) groups excluding carboxylic acids is 1. The molecule has 0 aromatic rings. The zero-order chi connectivity index (χ0) is 12.7. The molecule has 0 heterocycles. The van der Waals surface area contributed by atoms with E-state index in [1.807, 2.05) is 0 Å². The van der Waals surface area contributed by atoms with Crippen molar-refractivity contribution < 1.29 is 29.7 Å². The van der Waals surface area contributed by atoms with Crippen LogP contribution < -0.4 is 5.32 Å². The summed E-state index contributed by atoms with van der Waals surface area (Å²) in [6, 6.07) is -1.36. The minimum Gasteiger partial charge on any atom is -0.481 e. The Balaban J connectivity index is 4.01. The first-order valence-corrected chi connectivity index (χ1v) is 4.76. The lowest BCUT2D eigenvalue weighted by Crippen LogP contribution is -2.47. The van der Waals surface area contributed by atoms with Crippen LogP contribution in [-0.4, -0.2) is 45.3 Å². The van der Waals surface area contributed by atoms with Gasteiger partial charge >= 0.3 is 11.9 Å². The van der Waals surface area contributed by atoms with Gasteiger partial charge in [0.2, 0.25) is 5.91 Å². The number of aliphatic carboxylic acids is 2. The molecule has 0 unspecified atom stereocenters. The summed E-state index contributed by atoms with van der Waals surface area (Å²) in [4.78, 5) is 31.9. The molecule has 92 valence electrons. The number of rotatable bonds is 7. The van der Waals surface area contributed by atoms with Gasteiger partial charge in [-0.3, -0.25) is 9.59 Å². The van der Waals surface area contributed by atoms with Gasteiger partial charge in [-0.15, -0.1) is 0 Å². The second-order valence-electron chi connectivity index (χ2n) is 3.37. The van der Waals surface area contributed by atoms with Crippen molar-refractivity contribution in [3.8, 4) is 0 Å².